The van der Waals surface area contributed by atoms with E-state index in [1.165, 1.54) is 12.7 Å². The van der Waals surface area contributed by atoms with Crippen LogP contribution >= 0.6 is 0 Å². The quantitative estimate of drug-likeness (QED) is 0.669. The number of nitrogens with one attached hydrogen (secondary N) is 1. The van der Waals surface area contributed by atoms with Gasteiger partial charge in [-0.3, -0.25) is 4.90 Å². The molecule has 0 spiro atoms. The van der Waals surface area contributed by atoms with Gasteiger partial charge in [0.2, 0.25) is 0 Å². The van der Waals surface area contributed by atoms with Crippen LogP contribution in [0.25, 0.3) is 0 Å². The minimum Gasteiger partial charge on any atom is -0.497 e. The van der Waals surface area contributed by atoms with E-state index in [1.807, 2.05) is 36.4 Å². The van der Waals surface area contributed by atoms with Crippen LogP contribution in [-0.2, 0) is 11.3 Å². The SMILES string of the molecule is COC(=O)N1[C@H](C)C[C@H](NCc2ccc(OC)cc2)[C@@H]1COc1ccc(C(C)C)cc1. The molecule has 1 heterocycles. The van der Waals surface area contributed by atoms with Crippen LogP contribution in [0.2, 0.25) is 0 Å². The van der Waals surface area contributed by atoms with Crippen molar-refractivity contribution in [1.82, 2.24) is 10.2 Å². The van der Waals surface area contributed by atoms with Gasteiger partial charge in [0.25, 0.3) is 0 Å². The molecule has 3 atom stereocenters. The summed E-state index contributed by atoms with van der Waals surface area (Å²) in [6.07, 6.45) is 0.524. The number of likely N-dealkylation sites (tertiary alicyclic amines) is 1. The number of methoxy groups -OCH3 is 2. The summed E-state index contributed by atoms with van der Waals surface area (Å²) in [5.74, 6) is 2.12. The predicted octanol–water partition coefficient (Wildman–Crippen LogP) is 4.59. The van der Waals surface area contributed by atoms with E-state index in [9.17, 15) is 4.79 Å². The molecule has 2 aromatic rings. The van der Waals surface area contributed by atoms with Gasteiger partial charge in [0, 0.05) is 18.6 Å². The zero-order valence-electron chi connectivity index (χ0n) is 19.1. The molecule has 1 saturated heterocycles. The second-order valence-electron chi connectivity index (χ2n) is 8.40. The number of nitrogens with zero attached hydrogens (tertiary/aromatic N) is 1. The Morgan fingerprint density at radius 3 is 2.29 bits per heavy atom. The topological polar surface area (TPSA) is 60.0 Å². The van der Waals surface area contributed by atoms with Crippen LogP contribution < -0.4 is 14.8 Å². The number of ether oxygens (including phenoxy) is 3. The summed E-state index contributed by atoms with van der Waals surface area (Å²) in [5.41, 5.74) is 2.44. The van der Waals surface area contributed by atoms with E-state index in [2.05, 4.69) is 38.2 Å². The molecule has 3 rings (SSSR count). The van der Waals surface area contributed by atoms with Crippen LogP contribution in [0.5, 0.6) is 11.5 Å². The number of benzene rings is 2. The molecular weight excluding hydrogens is 392 g/mol. The Morgan fingerprint density at radius 1 is 1.06 bits per heavy atom. The first-order valence-electron chi connectivity index (χ1n) is 10.9. The number of hydrogen-bond acceptors (Lipinski definition) is 5. The van der Waals surface area contributed by atoms with Crippen molar-refractivity contribution >= 4 is 6.09 Å². The van der Waals surface area contributed by atoms with Crippen LogP contribution in [0.1, 0.15) is 44.2 Å². The molecule has 0 saturated carbocycles. The third-order valence-electron chi connectivity index (χ3n) is 5.97. The average Bonchev–Trinajstić information content (AvgIpc) is 3.11. The molecule has 1 amide bonds. The first kappa shape index (κ1) is 22.9. The highest BCUT2D eigenvalue weighted by Crippen LogP contribution is 2.27. The molecule has 1 aliphatic heterocycles. The molecule has 1 N–H and O–H groups in total. The van der Waals surface area contributed by atoms with Crippen molar-refractivity contribution in [1.29, 1.82) is 0 Å². The van der Waals surface area contributed by atoms with Gasteiger partial charge in [-0.1, -0.05) is 38.1 Å². The lowest BCUT2D eigenvalue weighted by Gasteiger charge is -2.29. The van der Waals surface area contributed by atoms with E-state index >= 15 is 0 Å². The van der Waals surface area contributed by atoms with Crippen molar-refractivity contribution < 1.29 is 19.0 Å². The Morgan fingerprint density at radius 2 is 1.71 bits per heavy atom. The summed E-state index contributed by atoms with van der Waals surface area (Å²) in [6.45, 7) is 7.50. The lowest BCUT2D eigenvalue weighted by atomic mass is 10.0. The third-order valence-corrected chi connectivity index (χ3v) is 5.97. The van der Waals surface area contributed by atoms with Crippen LogP contribution in [-0.4, -0.2) is 49.9 Å². The second-order valence-corrected chi connectivity index (χ2v) is 8.40. The van der Waals surface area contributed by atoms with Crippen LogP contribution in [0.3, 0.4) is 0 Å². The lowest BCUT2D eigenvalue weighted by Crippen LogP contribution is -2.49. The number of hydrogen-bond donors (Lipinski definition) is 1. The fourth-order valence-corrected chi connectivity index (χ4v) is 4.12. The maximum absolute atomic E-state index is 12.5. The molecule has 2 aromatic carbocycles. The predicted molar refractivity (Wildman–Crippen MR) is 122 cm³/mol. The third kappa shape index (κ3) is 5.70. The highest BCUT2D eigenvalue weighted by molar-refractivity contribution is 5.69. The molecule has 31 heavy (non-hydrogen) atoms. The second kappa shape index (κ2) is 10.5. The summed E-state index contributed by atoms with van der Waals surface area (Å²) in [5, 5.41) is 3.61. The summed E-state index contributed by atoms with van der Waals surface area (Å²) in [6, 6.07) is 16.2. The van der Waals surface area contributed by atoms with Gasteiger partial charge in [-0.25, -0.2) is 4.79 Å². The minimum atomic E-state index is -0.315. The fourth-order valence-electron chi connectivity index (χ4n) is 4.12. The summed E-state index contributed by atoms with van der Waals surface area (Å²) < 4.78 is 16.4. The van der Waals surface area contributed by atoms with Gasteiger partial charge in [0.1, 0.15) is 18.1 Å². The number of carbonyl (C=O) groups excluding carboxylic acids is 1. The molecule has 0 radical (unpaired) electrons. The van der Waals surface area contributed by atoms with Gasteiger partial charge in [-0.2, -0.15) is 0 Å². The highest BCUT2D eigenvalue weighted by Gasteiger charge is 2.42. The van der Waals surface area contributed by atoms with E-state index in [0.717, 1.165) is 23.5 Å². The maximum Gasteiger partial charge on any atom is 0.410 e. The van der Waals surface area contributed by atoms with Crippen LogP contribution in [0.4, 0.5) is 4.79 Å². The lowest BCUT2D eigenvalue weighted by molar-refractivity contribution is 0.0876. The van der Waals surface area contributed by atoms with Gasteiger partial charge >= 0.3 is 6.09 Å². The number of carbonyl (C=O) groups is 1. The van der Waals surface area contributed by atoms with Crippen molar-refractivity contribution in [2.24, 2.45) is 0 Å². The molecule has 0 bridgehead atoms. The zero-order chi connectivity index (χ0) is 22.4. The van der Waals surface area contributed by atoms with Crippen LogP contribution in [0.15, 0.2) is 48.5 Å². The highest BCUT2D eigenvalue weighted by atomic mass is 16.5. The van der Waals surface area contributed by atoms with Gasteiger partial charge in [0.05, 0.1) is 20.3 Å². The van der Waals surface area contributed by atoms with E-state index < -0.39 is 0 Å². The van der Waals surface area contributed by atoms with Crippen LogP contribution in [0, 0.1) is 0 Å². The molecule has 1 fully saturated rings. The zero-order valence-corrected chi connectivity index (χ0v) is 19.1. The van der Waals surface area contributed by atoms with Crippen molar-refractivity contribution in [3.63, 3.8) is 0 Å². The molecule has 6 heteroatoms. The summed E-state index contributed by atoms with van der Waals surface area (Å²) in [7, 11) is 3.09. The molecule has 0 aromatic heterocycles. The smallest absolute Gasteiger partial charge is 0.410 e. The van der Waals surface area contributed by atoms with Crippen molar-refractivity contribution in [3.8, 4) is 11.5 Å². The van der Waals surface area contributed by atoms with Gasteiger partial charge in [0.15, 0.2) is 0 Å². The standard InChI is InChI=1S/C25H34N2O4/c1-17(2)20-8-12-22(13-9-20)31-16-24-23(14-18(3)27(24)25(28)30-5)26-15-19-6-10-21(29-4)11-7-19/h6-13,17-18,23-24,26H,14-16H2,1-5H3/t18-,23+,24+/m1/s1. The molecular formula is C25H34N2O4. The number of rotatable bonds is 8. The van der Waals surface area contributed by atoms with Gasteiger partial charge in [-0.15, -0.1) is 0 Å². The normalized spacial score (nSPS) is 20.7. The minimum absolute atomic E-state index is 0.0673. The summed E-state index contributed by atoms with van der Waals surface area (Å²) in [4.78, 5) is 14.3. The first-order valence-corrected chi connectivity index (χ1v) is 10.9. The monoisotopic (exact) mass is 426 g/mol. The largest absolute Gasteiger partial charge is 0.497 e. The maximum atomic E-state index is 12.5. The average molecular weight is 427 g/mol. The van der Waals surface area contributed by atoms with E-state index in [4.69, 9.17) is 14.2 Å². The first-order chi connectivity index (χ1) is 14.9. The molecule has 168 valence electrons. The van der Waals surface area contributed by atoms with Crippen molar-refractivity contribution in [2.45, 2.75) is 57.8 Å². The fraction of sp³-hybridized carbons (Fsp3) is 0.480. The Bertz CT molecular complexity index is 836. The summed E-state index contributed by atoms with van der Waals surface area (Å²) >= 11 is 0. The van der Waals surface area contributed by atoms with E-state index in [-0.39, 0.29) is 24.2 Å². The molecule has 6 nitrogen and oxygen atoms in total. The van der Waals surface area contributed by atoms with E-state index in [1.54, 1.807) is 12.0 Å². The van der Waals surface area contributed by atoms with Gasteiger partial charge < -0.3 is 19.5 Å². The Balaban J connectivity index is 1.68. The molecule has 0 aliphatic carbocycles. The Kier molecular flexibility index (Phi) is 7.80. The molecule has 0 unspecified atom stereocenters. The van der Waals surface area contributed by atoms with Crippen molar-refractivity contribution in [2.75, 3.05) is 20.8 Å². The van der Waals surface area contributed by atoms with Gasteiger partial charge in [-0.05, 0) is 54.7 Å². The van der Waals surface area contributed by atoms with E-state index in [0.29, 0.717) is 19.1 Å². The molecule has 1 aliphatic rings. The Labute approximate surface area is 185 Å². The number of amides is 1. The Hall–Kier alpha value is -2.73. The van der Waals surface area contributed by atoms with Crippen molar-refractivity contribution in [3.05, 3.63) is 59.7 Å².